The highest BCUT2D eigenvalue weighted by atomic mass is 19.1. The molecule has 0 amide bonds. The maximum absolute atomic E-state index is 13.7. The van der Waals surface area contributed by atoms with Gasteiger partial charge in [0.2, 0.25) is 0 Å². The Morgan fingerprint density at radius 2 is 2.24 bits per heavy atom. The Hall–Kier alpha value is -1.26. The fraction of sp³-hybridized carbons (Fsp3) is 0.385. The number of halogens is 2. The minimum absolute atomic E-state index is 0.279. The van der Waals surface area contributed by atoms with E-state index in [2.05, 4.69) is 6.58 Å². The molecule has 2 rings (SSSR count). The number of β-amino-alcohol motifs (C(OH)–C–C–N with tert-alkyl or cyclic N) is 1. The normalized spacial score (nSPS) is 25.1. The molecule has 1 N–H and O–H groups in total. The summed E-state index contributed by atoms with van der Waals surface area (Å²) < 4.78 is 26.8. The fourth-order valence-corrected chi connectivity index (χ4v) is 2.34. The van der Waals surface area contributed by atoms with E-state index >= 15 is 0 Å². The monoisotopic (exact) mass is 239 g/mol. The van der Waals surface area contributed by atoms with Crippen LogP contribution in [0.3, 0.4) is 0 Å². The molecule has 1 aromatic carbocycles. The first-order chi connectivity index (χ1) is 8.11. The maximum Gasteiger partial charge on any atom is 0.128 e. The van der Waals surface area contributed by atoms with Crippen LogP contribution in [-0.2, 0) is 0 Å². The number of nitrogens with zero attached hydrogens (tertiary/aromatic N) is 1. The van der Waals surface area contributed by atoms with E-state index < -0.39 is 17.7 Å². The summed E-state index contributed by atoms with van der Waals surface area (Å²) in [6.07, 6.45) is 1.62. The lowest BCUT2D eigenvalue weighted by atomic mass is 10.0. The molecule has 0 radical (unpaired) electrons. The smallest absolute Gasteiger partial charge is 0.128 e. The summed E-state index contributed by atoms with van der Waals surface area (Å²) in [5.74, 6) is -0.888. The van der Waals surface area contributed by atoms with Gasteiger partial charge in [-0.15, -0.1) is 6.58 Å². The molecule has 2 unspecified atom stereocenters. The summed E-state index contributed by atoms with van der Waals surface area (Å²) in [4.78, 5) is 1.90. The summed E-state index contributed by atoms with van der Waals surface area (Å²) in [7, 11) is 0. The van der Waals surface area contributed by atoms with Crippen molar-refractivity contribution in [1.29, 1.82) is 0 Å². The number of benzene rings is 1. The lowest BCUT2D eigenvalue weighted by Crippen LogP contribution is -2.25. The summed E-state index contributed by atoms with van der Waals surface area (Å²) >= 11 is 0. The van der Waals surface area contributed by atoms with Crippen molar-refractivity contribution in [3.8, 4) is 0 Å². The second kappa shape index (κ2) is 4.94. The van der Waals surface area contributed by atoms with Gasteiger partial charge in [0.15, 0.2) is 0 Å². The van der Waals surface area contributed by atoms with Crippen molar-refractivity contribution in [2.24, 2.45) is 0 Å². The lowest BCUT2D eigenvalue weighted by Gasteiger charge is -2.23. The van der Waals surface area contributed by atoms with Crippen LogP contribution in [0.1, 0.15) is 18.0 Å². The topological polar surface area (TPSA) is 23.5 Å². The third-order valence-electron chi connectivity index (χ3n) is 3.06. The van der Waals surface area contributed by atoms with E-state index in [9.17, 15) is 13.9 Å². The van der Waals surface area contributed by atoms with Crippen LogP contribution in [0.5, 0.6) is 0 Å². The molecule has 0 bridgehead atoms. The van der Waals surface area contributed by atoms with Gasteiger partial charge in [-0.2, -0.15) is 0 Å². The molecule has 2 nitrogen and oxygen atoms in total. The predicted octanol–water partition coefficient (Wildman–Crippen LogP) is 2.26. The van der Waals surface area contributed by atoms with Crippen LogP contribution in [0.15, 0.2) is 30.9 Å². The Balaban J connectivity index is 2.30. The number of aliphatic hydroxyl groups excluding tert-OH is 1. The highest BCUT2D eigenvalue weighted by Crippen LogP contribution is 2.33. The third kappa shape index (κ3) is 2.53. The van der Waals surface area contributed by atoms with Gasteiger partial charge < -0.3 is 5.11 Å². The molecule has 0 aliphatic carbocycles. The molecule has 1 aliphatic heterocycles. The molecule has 1 aliphatic rings. The van der Waals surface area contributed by atoms with E-state index in [-0.39, 0.29) is 6.04 Å². The predicted molar refractivity (Wildman–Crippen MR) is 61.5 cm³/mol. The Kier molecular flexibility index (Phi) is 3.54. The Morgan fingerprint density at radius 3 is 2.94 bits per heavy atom. The zero-order chi connectivity index (χ0) is 12.4. The van der Waals surface area contributed by atoms with Crippen molar-refractivity contribution in [3.63, 3.8) is 0 Å². The molecule has 0 spiro atoms. The summed E-state index contributed by atoms with van der Waals surface area (Å²) in [5, 5.41) is 9.63. The molecule has 1 saturated heterocycles. The van der Waals surface area contributed by atoms with Crippen molar-refractivity contribution in [2.75, 3.05) is 13.1 Å². The van der Waals surface area contributed by atoms with Gasteiger partial charge in [-0.25, -0.2) is 8.78 Å². The van der Waals surface area contributed by atoms with E-state index in [1.165, 1.54) is 6.07 Å². The van der Waals surface area contributed by atoms with Gasteiger partial charge in [0.1, 0.15) is 11.6 Å². The average Bonchev–Trinajstić information content (AvgIpc) is 2.64. The lowest BCUT2D eigenvalue weighted by molar-refractivity contribution is 0.179. The molecule has 1 fully saturated rings. The third-order valence-corrected chi connectivity index (χ3v) is 3.06. The van der Waals surface area contributed by atoms with Crippen LogP contribution >= 0.6 is 0 Å². The van der Waals surface area contributed by atoms with Crippen molar-refractivity contribution >= 4 is 0 Å². The van der Waals surface area contributed by atoms with Gasteiger partial charge >= 0.3 is 0 Å². The van der Waals surface area contributed by atoms with Gasteiger partial charge in [0.05, 0.1) is 6.10 Å². The highest BCUT2D eigenvalue weighted by Gasteiger charge is 2.32. The molecule has 92 valence electrons. The number of hydrogen-bond donors (Lipinski definition) is 1. The Morgan fingerprint density at radius 1 is 1.47 bits per heavy atom. The van der Waals surface area contributed by atoms with E-state index in [1.54, 1.807) is 6.08 Å². The van der Waals surface area contributed by atoms with Gasteiger partial charge in [-0.05, 0) is 24.6 Å². The number of likely N-dealkylation sites (tertiary alicyclic amines) is 1. The number of aliphatic hydroxyl groups is 1. The standard InChI is InChI=1S/C13H15F2NO/c1-2-5-16-8-10(17)7-13(16)11-6-9(14)3-4-12(11)15/h2-4,6,10,13,17H,1,5,7-8H2. The highest BCUT2D eigenvalue weighted by molar-refractivity contribution is 5.24. The van der Waals surface area contributed by atoms with E-state index in [1.807, 2.05) is 4.90 Å². The molecule has 1 aromatic rings. The minimum Gasteiger partial charge on any atom is -0.392 e. The molecule has 0 saturated carbocycles. The van der Waals surface area contributed by atoms with E-state index in [0.717, 1.165) is 12.1 Å². The zero-order valence-electron chi connectivity index (χ0n) is 9.44. The summed E-state index contributed by atoms with van der Waals surface area (Å²) in [6, 6.07) is 3.15. The van der Waals surface area contributed by atoms with E-state index in [0.29, 0.717) is 25.1 Å². The van der Waals surface area contributed by atoms with Gasteiger partial charge in [-0.1, -0.05) is 6.08 Å². The van der Waals surface area contributed by atoms with Crippen molar-refractivity contribution in [1.82, 2.24) is 4.90 Å². The van der Waals surface area contributed by atoms with Gasteiger partial charge in [0.25, 0.3) is 0 Å². The first-order valence-electron chi connectivity index (χ1n) is 5.59. The van der Waals surface area contributed by atoms with Crippen LogP contribution in [0.2, 0.25) is 0 Å². The van der Waals surface area contributed by atoms with Crippen LogP contribution < -0.4 is 0 Å². The molecule has 1 heterocycles. The number of hydrogen-bond acceptors (Lipinski definition) is 2. The van der Waals surface area contributed by atoms with Crippen LogP contribution in [-0.4, -0.2) is 29.2 Å². The Labute approximate surface area is 99.2 Å². The second-order valence-electron chi connectivity index (χ2n) is 4.31. The summed E-state index contributed by atoms with van der Waals surface area (Å²) in [5.41, 5.74) is 0.309. The van der Waals surface area contributed by atoms with Crippen molar-refractivity contribution in [2.45, 2.75) is 18.6 Å². The molecule has 17 heavy (non-hydrogen) atoms. The van der Waals surface area contributed by atoms with E-state index in [4.69, 9.17) is 0 Å². The van der Waals surface area contributed by atoms with Gasteiger partial charge in [-0.3, -0.25) is 4.90 Å². The summed E-state index contributed by atoms with van der Waals surface area (Å²) in [6.45, 7) is 4.64. The van der Waals surface area contributed by atoms with Crippen LogP contribution in [0, 0.1) is 11.6 Å². The molecular formula is C13H15F2NO. The van der Waals surface area contributed by atoms with Gasteiger partial charge in [0, 0.05) is 24.7 Å². The van der Waals surface area contributed by atoms with Crippen LogP contribution in [0.25, 0.3) is 0 Å². The molecular weight excluding hydrogens is 224 g/mol. The van der Waals surface area contributed by atoms with Crippen molar-refractivity contribution < 1.29 is 13.9 Å². The molecule has 0 aromatic heterocycles. The van der Waals surface area contributed by atoms with Crippen molar-refractivity contribution in [3.05, 3.63) is 48.1 Å². The molecule has 2 atom stereocenters. The molecule has 4 heteroatoms. The largest absolute Gasteiger partial charge is 0.392 e. The Bertz CT molecular complexity index is 422. The minimum atomic E-state index is -0.498. The first-order valence-corrected chi connectivity index (χ1v) is 5.59. The average molecular weight is 239 g/mol. The number of rotatable bonds is 3. The quantitative estimate of drug-likeness (QED) is 0.818. The first kappa shape index (κ1) is 12.2. The second-order valence-corrected chi connectivity index (χ2v) is 4.31. The van der Waals surface area contributed by atoms with Crippen LogP contribution in [0.4, 0.5) is 8.78 Å². The SMILES string of the molecule is C=CCN1CC(O)CC1c1cc(F)ccc1F. The fourth-order valence-electron chi connectivity index (χ4n) is 2.34. The zero-order valence-corrected chi connectivity index (χ0v) is 9.44. The maximum atomic E-state index is 13.7.